The van der Waals surface area contributed by atoms with E-state index in [0.717, 1.165) is 5.75 Å². The van der Waals surface area contributed by atoms with E-state index in [1.165, 1.54) is 32.4 Å². The zero-order valence-electron chi connectivity index (χ0n) is 7.71. The Kier molecular flexibility index (Phi) is 8.34. The molecule has 0 aliphatic carbocycles. The summed E-state index contributed by atoms with van der Waals surface area (Å²) < 4.78 is 4.44. The van der Waals surface area contributed by atoms with Crippen LogP contribution >= 0.6 is 11.8 Å². The van der Waals surface area contributed by atoms with Gasteiger partial charge in [-0.1, -0.05) is 19.8 Å². The summed E-state index contributed by atoms with van der Waals surface area (Å²) in [5, 5.41) is 1.79. The summed E-state index contributed by atoms with van der Waals surface area (Å²) in [6.07, 6.45) is 5.17. The van der Waals surface area contributed by atoms with Gasteiger partial charge in [0.25, 0.3) is 0 Å². The molecule has 0 aromatic heterocycles. The van der Waals surface area contributed by atoms with Gasteiger partial charge >= 0.3 is 5.97 Å². The molecule has 70 valence electrons. The Morgan fingerprint density at radius 3 is 2.83 bits per heavy atom. The molecule has 0 aromatic rings. The fourth-order valence-corrected chi connectivity index (χ4v) is 1.39. The first-order valence-corrected chi connectivity index (χ1v) is 5.22. The van der Waals surface area contributed by atoms with Gasteiger partial charge < -0.3 is 4.74 Å². The predicted octanol–water partition coefficient (Wildman–Crippen LogP) is 2.60. The van der Waals surface area contributed by atoms with Crippen molar-refractivity contribution in [1.82, 2.24) is 0 Å². The highest BCUT2D eigenvalue weighted by molar-refractivity contribution is 8.02. The first-order chi connectivity index (χ1) is 5.81. The molecule has 0 saturated heterocycles. The van der Waals surface area contributed by atoms with Crippen molar-refractivity contribution in [2.75, 3.05) is 12.9 Å². The maximum atomic E-state index is 10.6. The zero-order valence-corrected chi connectivity index (χ0v) is 8.52. The highest BCUT2D eigenvalue weighted by Crippen LogP contribution is 2.07. The van der Waals surface area contributed by atoms with E-state index in [2.05, 4.69) is 11.7 Å². The van der Waals surface area contributed by atoms with Crippen LogP contribution in [0.15, 0.2) is 11.5 Å². The topological polar surface area (TPSA) is 26.3 Å². The van der Waals surface area contributed by atoms with Crippen molar-refractivity contribution in [2.24, 2.45) is 0 Å². The smallest absolute Gasteiger partial charge is 0.330 e. The van der Waals surface area contributed by atoms with E-state index in [-0.39, 0.29) is 5.97 Å². The molecule has 0 unspecified atom stereocenters. The summed E-state index contributed by atoms with van der Waals surface area (Å²) in [4.78, 5) is 10.6. The van der Waals surface area contributed by atoms with Crippen LogP contribution in [0.25, 0.3) is 0 Å². The summed E-state index contributed by atoms with van der Waals surface area (Å²) in [5.74, 6) is 0.805. The van der Waals surface area contributed by atoms with Crippen LogP contribution in [0.4, 0.5) is 0 Å². The minimum Gasteiger partial charge on any atom is -0.466 e. The molecule has 3 heteroatoms. The summed E-state index contributed by atoms with van der Waals surface area (Å²) in [6.45, 7) is 2.18. The van der Waals surface area contributed by atoms with Crippen LogP contribution in [0.1, 0.15) is 26.2 Å². The second kappa shape index (κ2) is 8.65. The van der Waals surface area contributed by atoms with Crippen molar-refractivity contribution in [3.8, 4) is 0 Å². The lowest BCUT2D eigenvalue weighted by atomic mass is 10.3. The molecule has 0 fully saturated rings. The molecule has 0 heterocycles. The molecule has 0 radical (unpaired) electrons. The van der Waals surface area contributed by atoms with Gasteiger partial charge in [-0.15, -0.1) is 11.8 Å². The van der Waals surface area contributed by atoms with Crippen LogP contribution in [0, 0.1) is 0 Å². The van der Waals surface area contributed by atoms with Gasteiger partial charge in [0.1, 0.15) is 0 Å². The molecular weight excluding hydrogens is 172 g/mol. The van der Waals surface area contributed by atoms with Gasteiger partial charge in [0.2, 0.25) is 0 Å². The molecule has 12 heavy (non-hydrogen) atoms. The maximum absolute atomic E-state index is 10.6. The Morgan fingerprint density at radius 1 is 1.50 bits per heavy atom. The molecule has 0 aliphatic heterocycles. The maximum Gasteiger partial charge on any atom is 0.330 e. The fourth-order valence-electron chi connectivity index (χ4n) is 0.675. The van der Waals surface area contributed by atoms with Gasteiger partial charge in [-0.2, -0.15) is 0 Å². The van der Waals surface area contributed by atoms with E-state index < -0.39 is 0 Å². The van der Waals surface area contributed by atoms with E-state index in [1.54, 1.807) is 17.2 Å². The van der Waals surface area contributed by atoms with Crippen molar-refractivity contribution < 1.29 is 9.53 Å². The molecule has 0 bridgehead atoms. The van der Waals surface area contributed by atoms with Crippen LogP contribution in [-0.4, -0.2) is 18.8 Å². The third-order valence-corrected chi connectivity index (χ3v) is 2.22. The number of unbranched alkanes of at least 4 members (excludes halogenated alkanes) is 2. The molecule has 0 aromatic carbocycles. The van der Waals surface area contributed by atoms with Crippen LogP contribution < -0.4 is 0 Å². The van der Waals surface area contributed by atoms with E-state index in [0.29, 0.717) is 0 Å². The first kappa shape index (κ1) is 11.6. The SMILES string of the molecule is CCCCCS/C=C/C(=O)OC. The van der Waals surface area contributed by atoms with Crippen molar-refractivity contribution in [2.45, 2.75) is 26.2 Å². The molecule has 0 amide bonds. The fraction of sp³-hybridized carbons (Fsp3) is 0.667. The summed E-state index contributed by atoms with van der Waals surface area (Å²) in [6, 6.07) is 0. The lowest BCUT2D eigenvalue weighted by Crippen LogP contribution is -1.92. The number of carbonyl (C=O) groups is 1. The third-order valence-electron chi connectivity index (χ3n) is 1.37. The Balaban J connectivity index is 3.18. The number of hydrogen-bond donors (Lipinski definition) is 0. The largest absolute Gasteiger partial charge is 0.466 e. The number of methoxy groups -OCH3 is 1. The number of rotatable bonds is 6. The summed E-state index contributed by atoms with van der Waals surface area (Å²) in [7, 11) is 1.38. The molecule has 0 N–H and O–H groups in total. The molecule has 0 aliphatic rings. The zero-order chi connectivity index (χ0) is 9.23. The van der Waals surface area contributed by atoms with E-state index in [9.17, 15) is 4.79 Å². The second-order valence-electron chi connectivity index (χ2n) is 2.40. The quantitative estimate of drug-likeness (QED) is 0.364. The molecular formula is C9H16O2S. The van der Waals surface area contributed by atoms with Crippen molar-refractivity contribution in [1.29, 1.82) is 0 Å². The number of ether oxygens (including phenoxy) is 1. The van der Waals surface area contributed by atoms with Gasteiger partial charge in [-0.25, -0.2) is 4.79 Å². The van der Waals surface area contributed by atoms with Gasteiger partial charge in [0, 0.05) is 6.08 Å². The van der Waals surface area contributed by atoms with Crippen molar-refractivity contribution >= 4 is 17.7 Å². The van der Waals surface area contributed by atoms with Gasteiger partial charge in [-0.3, -0.25) is 0 Å². The third kappa shape index (κ3) is 7.66. The standard InChI is InChI=1S/C9H16O2S/c1-3-4-5-7-12-8-6-9(10)11-2/h6,8H,3-5,7H2,1-2H3/b8-6+. The summed E-state index contributed by atoms with van der Waals surface area (Å²) >= 11 is 1.66. The van der Waals surface area contributed by atoms with Gasteiger partial charge in [0.15, 0.2) is 0 Å². The highest BCUT2D eigenvalue weighted by Gasteiger charge is 1.89. The van der Waals surface area contributed by atoms with Crippen LogP contribution in [0.5, 0.6) is 0 Å². The molecule has 0 rings (SSSR count). The second-order valence-corrected chi connectivity index (χ2v) is 3.42. The molecule has 2 nitrogen and oxygen atoms in total. The van der Waals surface area contributed by atoms with Crippen LogP contribution in [0.2, 0.25) is 0 Å². The average Bonchev–Trinajstić information content (AvgIpc) is 2.10. The van der Waals surface area contributed by atoms with Gasteiger partial charge in [0.05, 0.1) is 7.11 Å². The van der Waals surface area contributed by atoms with E-state index in [4.69, 9.17) is 0 Å². The monoisotopic (exact) mass is 188 g/mol. The Morgan fingerprint density at radius 2 is 2.25 bits per heavy atom. The van der Waals surface area contributed by atoms with Crippen LogP contribution in [0.3, 0.4) is 0 Å². The number of esters is 1. The van der Waals surface area contributed by atoms with E-state index >= 15 is 0 Å². The Bertz CT molecular complexity index is 143. The first-order valence-electron chi connectivity index (χ1n) is 4.17. The minimum absolute atomic E-state index is 0.280. The lowest BCUT2D eigenvalue weighted by Gasteiger charge is -1.93. The van der Waals surface area contributed by atoms with Crippen molar-refractivity contribution in [3.63, 3.8) is 0 Å². The number of carbonyl (C=O) groups excluding carboxylic acids is 1. The normalized spacial score (nSPS) is 10.5. The Labute approximate surface area is 78.4 Å². The summed E-state index contributed by atoms with van der Waals surface area (Å²) in [5.41, 5.74) is 0. The van der Waals surface area contributed by atoms with Crippen molar-refractivity contribution in [3.05, 3.63) is 11.5 Å². The number of thioether (sulfide) groups is 1. The minimum atomic E-state index is -0.280. The molecule has 0 atom stereocenters. The lowest BCUT2D eigenvalue weighted by molar-refractivity contribution is -0.134. The van der Waals surface area contributed by atoms with Gasteiger partial charge in [-0.05, 0) is 17.6 Å². The Hall–Kier alpha value is -0.440. The van der Waals surface area contributed by atoms with E-state index in [1.807, 2.05) is 0 Å². The average molecular weight is 188 g/mol. The highest BCUT2D eigenvalue weighted by atomic mass is 32.2. The molecule has 0 spiro atoms. The number of hydrogen-bond acceptors (Lipinski definition) is 3. The molecule has 0 saturated carbocycles. The predicted molar refractivity (Wildman–Crippen MR) is 53.1 cm³/mol. The van der Waals surface area contributed by atoms with Crippen LogP contribution in [-0.2, 0) is 9.53 Å².